The van der Waals surface area contributed by atoms with Crippen molar-refractivity contribution >= 4 is 11.6 Å². The Morgan fingerprint density at radius 3 is 2.50 bits per heavy atom. The van der Waals surface area contributed by atoms with Crippen LogP contribution in [0, 0.1) is 5.92 Å². The molecule has 1 aliphatic rings. The SMILES string of the molecule is CCCC(C)C(=O)N1CCN(c2ccccc2O)CC1. The van der Waals surface area contributed by atoms with Crippen molar-refractivity contribution in [2.45, 2.75) is 26.7 Å². The van der Waals surface area contributed by atoms with Gasteiger partial charge >= 0.3 is 0 Å². The summed E-state index contributed by atoms with van der Waals surface area (Å²) >= 11 is 0. The highest BCUT2D eigenvalue weighted by molar-refractivity contribution is 5.78. The third kappa shape index (κ3) is 3.24. The summed E-state index contributed by atoms with van der Waals surface area (Å²) in [7, 11) is 0. The maximum atomic E-state index is 12.3. The maximum Gasteiger partial charge on any atom is 0.225 e. The number of phenols is 1. The van der Waals surface area contributed by atoms with Gasteiger partial charge in [-0.2, -0.15) is 0 Å². The molecule has 1 heterocycles. The third-order valence-corrected chi connectivity index (χ3v) is 3.96. The van der Waals surface area contributed by atoms with Crippen LogP contribution in [0.3, 0.4) is 0 Å². The van der Waals surface area contributed by atoms with Crippen LogP contribution in [0.4, 0.5) is 5.69 Å². The number of carbonyl (C=O) groups excluding carboxylic acids is 1. The molecule has 1 amide bonds. The van der Waals surface area contributed by atoms with Crippen molar-refractivity contribution in [1.82, 2.24) is 4.90 Å². The van der Waals surface area contributed by atoms with E-state index in [0.717, 1.165) is 44.7 Å². The summed E-state index contributed by atoms with van der Waals surface area (Å²) in [6.45, 7) is 7.16. The predicted octanol–water partition coefficient (Wildman–Crippen LogP) is 2.48. The van der Waals surface area contributed by atoms with Gasteiger partial charge in [0.1, 0.15) is 5.75 Å². The number of benzene rings is 1. The number of nitrogens with zero attached hydrogens (tertiary/aromatic N) is 2. The van der Waals surface area contributed by atoms with Crippen LogP contribution in [0.5, 0.6) is 5.75 Å². The number of amides is 1. The molecule has 1 aromatic rings. The number of piperazine rings is 1. The van der Waals surface area contributed by atoms with Crippen LogP contribution < -0.4 is 4.90 Å². The summed E-state index contributed by atoms with van der Waals surface area (Å²) in [5.74, 6) is 0.701. The first kappa shape index (κ1) is 14.7. The Bertz CT molecular complexity index is 454. The Morgan fingerprint density at radius 1 is 1.25 bits per heavy atom. The molecule has 1 aromatic carbocycles. The van der Waals surface area contributed by atoms with Gasteiger partial charge in [0.05, 0.1) is 5.69 Å². The summed E-state index contributed by atoms with van der Waals surface area (Å²) in [6.07, 6.45) is 2.00. The van der Waals surface area contributed by atoms with Gasteiger partial charge in [0, 0.05) is 32.1 Å². The minimum atomic E-state index is 0.122. The van der Waals surface area contributed by atoms with Gasteiger partial charge in [0.15, 0.2) is 0 Å². The van der Waals surface area contributed by atoms with E-state index in [0.29, 0.717) is 5.75 Å². The molecule has 1 N–H and O–H groups in total. The van der Waals surface area contributed by atoms with Crippen molar-refractivity contribution in [3.05, 3.63) is 24.3 Å². The third-order valence-electron chi connectivity index (χ3n) is 3.96. The van der Waals surface area contributed by atoms with Crippen molar-refractivity contribution < 1.29 is 9.90 Å². The summed E-state index contributed by atoms with van der Waals surface area (Å²) in [5, 5.41) is 9.87. The number of rotatable bonds is 4. The monoisotopic (exact) mass is 276 g/mol. The second kappa shape index (κ2) is 6.64. The number of aromatic hydroxyl groups is 1. The molecule has 4 heteroatoms. The van der Waals surface area contributed by atoms with E-state index in [2.05, 4.69) is 11.8 Å². The Hall–Kier alpha value is -1.71. The number of carbonyl (C=O) groups is 1. The van der Waals surface area contributed by atoms with Gasteiger partial charge in [-0.25, -0.2) is 0 Å². The molecule has 1 unspecified atom stereocenters. The normalized spacial score (nSPS) is 17.1. The lowest BCUT2D eigenvalue weighted by Gasteiger charge is -2.37. The minimum absolute atomic E-state index is 0.122. The van der Waals surface area contributed by atoms with E-state index in [1.54, 1.807) is 6.07 Å². The first-order valence-electron chi connectivity index (χ1n) is 7.45. The fraction of sp³-hybridized carbons (Fsp3) is 0.562. The molecule has 4 nitrogen and oxygen atoms in total. The average molecular weight is 276 g/mol. The average Bonchev–Trinajstić information content (AvgIpc) is 2.47. The standard InChI is InChI=1S/C16H24N2O2/c1-3-6-13(2)16(20)18-11-9-17(10-12-18)14-7-4-5-8-15(14)19/h4-5,7-8,13,19H,3,6,9-12H2,1-2H3. The summed E-state index contributed by atoms with van der Waals surface area (Å²) in [6, 6.07) is 7.38. The molecule has 20 heavy (non-hydrogen) atoms. The van der Waals surface area contributed by atoms with Crippen LogP contribution in [0.25, 0.3) is 0 Å². The molecule has 1 aliphatic heterocycles. The predicted molar refractivity (Wildman–Crippen MR) is 81.0 cm³/mol. The van der Waals surface area contributed by atoms with Gasteiger partial charge in [0.2, 0.25) is 5.91 Å². The van der Waals surface area contributed by atoms with E-state index in [4.69, 9.17) is 0 Å². The van der Waals surface area contributed by atoms with Gasteiger partial charge in [-0.3, -0.25) is 4.79 Å². The van der Waals surface area contributed by atoms with Gasteiger partial charge in [-0.1, -0.05) is 32.4 Å². The first-order valence-corrected chi connectivity index (χ1v) is 7.45. The van der Waals surface area contributed by atoms with E-state index in [-0.39, 0.29) is 11.8 Å². The molecular formula is C16H24N2O2. The molecule has 1 saturated heterocycles. The Labute approximate surface area is 121 Å². The minimum Gasteiger partial charge on any atom is -0.506 e. The molecule has 2 rings (SSSR count). The highest BCUT2D eigenvalue weighted by Gasteiger charge is 2.25. The number of hydrogen-bond acceptors (Lipinski definition) is 3. The van der Waals surface area contributed by atoms with Crippen LogP contribution in [0.1, 0.15) is 26.7 Å². The van der Waals surface area contributed by atoms with E-state index in [1.165, 1.54) is 0 Å². The second-order valence-corrected chi connectivity index (χ2v) is 5.49. The molecule has 1 atom stereocenters. The van der Waals surface area contributed by atoms with Crippen molar-refractivity contribution in [1.29, 1.82) is 0 Å². The quantitative estimate of drug-likeness (QED) is 0.919. The van der Waals surface area contributed by atoms with Crippen molar-refractivity contribution in [2.24, 2.45) is 5.92 Å². The number of para-hydroxylation sites is 2. The molecule has 1 fully saturated rings. The smallest absolute Gasteiger partial charge is 0.225 e. The zero-order valence-electron chi connectivity index (χ0n) is 12.4. The number of anilines is 1. The van der Waals surface area contributed by atoms with Crippen LogP contribution in [-0.4, -0.2) is 42.1 Å². The van der Waals surface area contributed by atoms with Crippen molar-refractivity contribution in [2.75, 3.05) is 31.1 Å². The zero-order chi connectivity index (χ0) is 14.5. The lowest BCUT2D eigenvalue weighted by atomic mass is 10.0. The van der Waals surface area contributed by atoms with E-state index >= 15 is 0 Å². The number of hydrogen-bond donors (Lipinski definition) is 1. The lowest BCUT2D eigenvalue weighted by molar-refractivity contribution is -0.135. The highest BCUT2D eigenvalue weighted by atomic mass is 16.3. The van der Waals surface area contributed by atoms with Crippen LogP contribution in [-0.2, 0) is 4.79 Å². The molecule has 0 aromatic heterocycles. The Morgan fingerprint density at radius 2 is 1.90 bits per heavy atom. The van der Waals surface area contributed by atoms with Crippen molar-refractivity contribution in [3.8, 4) is 5.75 Å². The first-order chi connectivity index (χ1) is 9.63. The fourth-order valence-electron chi connectivity index (χ4n) is 2.77. The van der Waals surface area contributed by atoms with Gasteiger partial charge in [-0.15, -0.1) is 0 Å². The fourth-order valence-corrected chi connectivity index (χ4v) is 2.77. The van der Waals surface area contributed by atoms with Gasteiger partial charge < -0.3 is 14.9 Å². The van der Waals surface area contributed by atoms with Crippen LogP contribution in [0.15, 0.2) is 24.3 Å². The zero-order valence-corrected chi connectivity index (χ0v) is 12.4. The molecular weight excluding hydrogens is 252 g/mol. The molecule has 110 valence electrons. The largest absolute Gasteiger partial charge is 0.506 e. The molecule has 0 aliphatic carbocycles. The topological polar surface area (TPSA) is 43.8 Å². The maximum absolute atomic E-state index is 12.3. The molecule has 0 spiro atoms. The van der Waals surface area contributed by atoms with E-state index in [1.807, 2.05) is 30.0 Å². The molecule has 0 saturated carbocycles. The lowest BCUT2D eigenvalue weighted by Crippen LogP contribution is -2.50. The van der Waals surface area contributed by atoms with Crippen molar-refractivity contribution in [3.63, 3.8) is 0 Å². The Kier molecular flexibility index (Phi) is 4.88. The highest BCUT2D eigenvalue weighted by Crippen LogP contribution is 2.27. The molecule has 0 bridgehead atoms. The summed E-state index contributed by atoms with van der Waals surface area (Å²) < 4.78 is 0. The summed E-state index contributed by atoms with van der Waals surface area (Å²) in [5.41, 5.74) is 0.862. The summed E-state index contributed by atoms with van der Waals surface area (Å²) in [4.78, 5) is 16.4. The molecule has 0 radical (unpaired) electrons. The van der Waals surface area contributed by atoms with E-state index < -0.39 is 0 Å². The van der Waals surface area contributed by atoms with E-state index in [9.17, 15) is 9.90 Å². The van der Waals surface area contributed by atoms with Gasteiger partial charge in [-0.05, 0) is 18.6 Å². The number of phenolic OH excluding ortho intramolecular Hbond substituents is 1. The van der Waals surface area contributed by atoms with Crippen LogP contribution in [0.2, 0.25) is 0 Å². The Balaban J connectivity index is 1.93. The second-order valence-electron chi connectivity index (χ2n) is 5.49. The van der Waals surface area contributed by atoms with Gasteiger partial charge in [0.25, 0.3) is 0 Å². The van der Waals surface area contributed by atoms with Crippen LogP contribution >= 0.6 is 0 Å².